The zero-order valence-electron chi connectivity index (χ0n) is 13.0. The molecule has 0 amide bonds. The van der Waals surface area contributed by atoms with Gasteiger partial charge in [0.1, 0.15) is 11.6 Å². The largest absolute Gasteiger partial charge is 0.358 e. The molecule has 0 aromatic heterocycles. The van der Waals surface area contributed by atoms with Crippen LogP contribution in [0.4, 0.5) is 14.5 Å². The van der Waals surface area contributed by atoms with Crippen LogP contribution in [0.2, 0.25) is 0 Å². The molecule has 0 saturated heterocycles. The number of benzene rings is 2. The van der Waals surface area contributed by atoms with Gasteiger partial charge in [-0.05, 0) is 61.0 Å². The van der Waals surface area contributed by atoms with E-state index in [2.05, 4.69) is 29.7 Å². The highest BCUT2D eigenvalue weighted by Crippen LogP contribution is 2.12. The lowest BCUT2D eigenvalue weighted by atomic mass is 10.1. The van der Waals surface area contributed by atoms with E-state index in [0.29, 0.717) is 5.11 Å². The van der Waals surface area contributed by atoms with Gasteiger partial charge in [0.25, 0.3) is 0 Å². The van der Waals surface area contributed by atoms with Crippen LogP contribution < -0.4 is 10.6 Å². The minimum atomic E-state index is -0.468. The Balaban J connectivity index is 1.85. The van der Waals surface area contributed by atoms with Crippen molar-refractivity contribution in [3.63, 3.8) is 0 Å². The van der Waals surface area contributed by atoms with Crippen LogP contribution in [0, 0.1) is 11.6 Å². The number of unbranched alkanes of at least 4 members (excludes halogenated alkanes) is 1. The molecule has 122 valence electrons. The Hall–Kier alpha value is -2.01. The number of nitrogens with one attached hydrogen (secondary N) is 2. The third kappa shape index (κ3) is 5.60. The summed E-state index contributed by atoms with van der Waals surface area (Å²) >= 11 is 5.18. The standard InChI is InChI=1S/C18H20F2N2S/c1-2-3-4-13-5-8-16(9-6-13)22-18(23)21-12-14-11-15(19)7-10-17(14)20/h5-11H,2-4,12H2,1H3,(H2,21,22,23). The lowest BCUT2D eigenvalue weighted by Gasteiger charge is -2.11. The normalized spacial score (nSPS) is 10.4. The maximum absolute atomic E-state index is 13.5. The molecule has 23 heavy (non-hydrogen) atoms. The van der Waals surface area contributed by atoms with Crippen molar-refractivity contribution >= 4 is 23.0 Å². The summed E-state index contributed by atoms with van der Waals surface area (Å²) in [4.78, 5) is 0. The van der Waals surface area contributed by atoms with Crippen LogP contribution in [0.5, 0.6) is 0 Å². The number of aryl methyl sites for hydroxylation is 1. The van der Waals surface area contributed by atoms with Gasteiger partial charge < -0.3 is 10.6 Å². The van der Waals surface area contributed by atoms with E-state index in [1.165, 1.54) is 18.4 Å². The van der Waals surface area contributed by atoms with Gasteiger partial charge in [0, 0.05) is 17.8 Å². The SMILES string of the molecule is CCCCc1ccc(NC(=S)NCc2cc(F)ccc2F)cc1. The fourth-order valence-electron chi connectivity index (χ4n) is 2.17. The molecule has 0 heterocycles. The van der Waals surface area contributed by atoms with E-state index in [9.17, 15) is 8.78 Å². The predicted octanol–water partition coefficient (Wildman–Crippen LogP) is 4.79. The summed E-state index contributed by atoms with van der Waals surface area (Å²) in [7, 11) is 0. The van der Waals surface area contributed by atoms with Crippen LogP contribution in [0.15, 0.2) is 42.5 Å². The molecule has 2 nitrogen and oxygen atoms in total. The highest BCUT2D eigenvalue weighted by Gasteiger charge is 2.05. The van der Waals surface area contributed by atoms with Gasteiger partial charge >= 0.3 is 0 Å². The van der Waals surface area contributed by atoms with E-state index in [1.807, 2.05) is 12.1 Å². The molecular weight excluding hydrogens is 314 g/mol. The maximum atomic E-state index is 13.5. The Morgan fingerprint density at radius 1 is 1.09 bits per heavy atom. The number of rotatable bonds is 6. The summed E-state index contributed by atoms with van der Waals surface area (Å²) in [6.45, 7) is 2.30. The molecule has 0 radical (unpaired) electrons. The molecule has 0 fully saturated rings. The fourth-order valence-corrected chi connectivity index (χ4v) is 2.36. The van der Waals surface area contributed by atoms with E-state index >= 15 is 0 Å². The molecule has 0 aliphatic carbocycles. The first-order chi connectivity index (χ1) is 11.1. The molecule has 0 atom stereocenters. The summed E-state index contributed by atoms with van der Waals surface area (Å²) in [6, 6.07) is 11.4. The van der Waals surface area contributed by atoms with Crippen LogP contribution in [0.25, 0.3) is 0 Å². The molecular formula is C18H20F2N2S. The van der Waals surface area contributed by atoms with Crippen molar-refractivity contribution in [3.8, 4) is 0 Å². The lowest BCUT2D eigenvalue weighted by Crippen LogP contribution is -2.28. The zero-order chi connectivity index (χ0) is 16.7. The third-order valence-electron chi connectivity index (χ3n) is 3.48. The molecule has 0 spiro atoms. The molecule has 0 aliphatic rings. The first-order valence-electron chi connectivity index (χ1n) is 7.66. The highest BCUT2D eigenvalue weighted by molar-refractivity contribution is 7.80. The van der Waals surface area contributed by atoms with Gasteiger partial charge in [-0.25, -0.2) is 8.78 Å². The Bertz CT molecular complexity index is 657. The molecule has 2 aromatic rings. The van der Waals surface area contributed by atoms with Crippen LogP contribution >= 0.6 is 12.2 Å². The molecule has 5 heteroatoms. The van der Waals surface area contributed by atoms with Gasteiger partial charge in [-0.15, -0.1) is 0 Å². The van der Waals surface area contributed by atoms with E-state index in [4.69, 9.17) is 12.2 Å². The molecule has 0 saturated carbocycles. The predicted molar refractivity (Wildman–Crippen MR) is 94.5 cm³/mol. The Morgan fingerprint density at radius 3 is 2.52 bits per heavy atom. The van der Waals surface area contributed by atoms with Crippen molar-refractivity contribution in [2.24, 2.45) is 0 Å². The molecule has 2 N–H and O–H groups in total. The Kier molecular flexibility index (Phi) is 6.47. The van der Waals surface area contributed by atoms with E-state index < -0.39 is 11.6 Å². The highest BCUT2D eigenvalue weighted by atomic mass is 32.1. The summed E-state index contributed by atoms with van der Waals surface area (Å²) < 4.78 is 26.6. The number of hydrogen-bond donors (Lipinski definition) is 2. The topological polar surface area (TPSA) is 24.1 Å². The Labute approximate surface area is 140 Å². The van der Waals surface area contributed by atoms with Gasteiger partial charge in [0.05, 0.1) is 0 Å². The summed E-state index contributed by atoms with van der Waals surface area (Å²) in [6.07, 6.45) is 3.41. The van der Waals surface area contributed by atoms with E-state index in [1.54, 1.807) is 0 Å². The second kappa shape index (κ2) is 8.58. The lowest BCUT2D eigenvalue weighted by molar-refractivity contribution is 0.582. The van der Waals surface area contributed by atoms with Crippen molar-refractivity contribution in [1.29, 1.82) is 0 Å². The molecule has 0 bridgehead atoms. The average molecular weight is 334 g/mol. The fraction of sp³-hybridized carbons (Fsp3) is 0.278. The minimum Gasteiger partial charge on any atom is -0.358 e. The number of thiocarbonyl (C=S) groups is 1. The van der Waals surface area contributed by atoms with Gasteiger partial charge in [-0.1, -0.05) is 25.5 Å². The minimum absolute atomic E-state index is 0.129. The van der Waals surface area contributed by atoms with E-state index in [0.717, 1.165) is 30.3 Å². The molecule has 2 rings (SSSR count). The molecule has 0 unspecified atom stereocenters. The number of halogens is 2. The van der Waals surface area contributed by atoms with Crippen LogP contribution in [-0.4, -0.2) is 5.11 Å². The monoisotopic (exact) mass is 334 g/mol. The van der Waals surface area contributed by atoms with Crippen molar-refractivity contribution in [2.75, 3.05) is 5.32 Å². The molecule has 2 aromatic carbocycles. The molecule has 0 aliphatic heterocycles. The van der Waals surface area contributed by atoms with Gasteiger partial charge in [0.15, 0.2) is 5.11 Å². The van der Waals surface area contributed by atoms with Gasteiger partial charge in [-0.3, -0.25) is 0 Å². The summed E-state index contributed by atoms with van der Waals surface area (Å²) in [5, 5.41) is 6.28. The second-order valence-electron chi connectivity index (χ2n) is 5.34. The van der Waals surface area contributed by atoms with Crippen molar-refractivity contribution in [2.45, 2.75) is 32.7 Å². The van der Waals surface area contributed by atoms with Gasteiger partial charge in [0.2, 0.25) is 0 Å². The number of hydrogen-bond acceptors (Lipinski definition) is 1. The van der Waals surface area contributed by atoms with Crippen molar-refractivity contribution < 1.29 is 8.78 Å². The Morgan fingerprint density at radius 2 is 1.83 bits per heavy atom. The van der Waals surface area contributed by atoms with Crippen LogP contribution in [0.1, 0.15) is 30.9 Å². The third-order valence-corrected chi connectivity index (χ3v) is 3.72. The quantitative estimate of drug-likeness (QED) is 0.743. The van der Waals surface area contributed by atoms with Gasteiger partial charge in [-0.2, -0.15) is 0 Å². The smallest absolute Gasteiger partial charge is 0.171 e. The average Bonchev–Trinajstić information content (AvgIpc) is 2.55. The zero-order valence-corrected chi connectivity index (χ0v) is 13.9. The second-order valence-corrected chi connectivity index (χ2v) is 5.75. The summed E-state index contributed by atoms with van der Waals surface area (Å²) in [5.41, 5.74) is 2.39. The summed E-state index contributed by atoms with van der Waals surface area (Å²) in [5.74, 6) is -0.924. The maximum Gasteiger partial charge on any atom is 0.171 e. The first-order valence-corrected chi connectivity index (χ1v) is 8.07. The van der Waals surface area contributed by atoms with Crippen molar-refractivity contribution in [3.05, 3.63) is 65.2 Å². The first kappa shape index (κ1) is 17.3. The van der Waals surface area contributed by atoms with Crippen LogP contribution in [-0.2, 0) is 13.0 Å². The van der Waals surface area contributed by atoms with E-state index in [-0.39, 0.29) is 12.1 Å². The van der Waals surface area contributed by atoms with Crippen molar-refractivity contribution in [1.82, 2.24) is 5.32 Å². The van der Waals surface area contributed by atoms with Crippen LogP contribution in [0.3, 0.4) is 0 Å². The number of anilines is 1.